The summed E-state index contributed by atoms with van der Waals surface area (Å²) in [5, 5.41) is 1.76. The Morgan fingerprint density at radius 1 is 1.36 bits per heavy atom. The number of nitrogens with one attached hydrogen (secondary N) is 1. The molecule has 2 N–H and O–H groups in total. The number of piperazine rings is 1. The summed E-state index contributed by atoms with van der Waals surface area (Å²) in [6.07, 6.45) is 0. The van der Waals surface area contributed by atoms with E-state index in [9.17, 15) is 4.21 Å². The summed E-state index contributed by atoms with van der Waals surface area (Å²) in [6, 6.07) is 0. The average Bonchev–Trinajstić information content (AvgIpc) is 1.93. The number of rotatable bonds is 2. The van der Waals surface area contributed by atoms with E-state index in [4.69, 9.17) is 4.55 Å². The van der Waals surface area contributed by atoms with E-state index >= 15 is 0 Å². The van der Waals surface area contributed by atoms with Crippen molar-refractivity contribution in [1.82, 2.24) is 14.7 Å². The molecule has 0 aromatic heterocycles. The average molecular weight is 179 g/mol. The Labute approximate surface area is 68.7 Å². The molecular weight excluding hydrogens is 166 g/mol. The molecule has 11 heavy (non-hydrogen) atoms. The molecule has 0 aromatic rings. The van der Waals surface area contributed by atoms with Crippen LogP contribution in [0.3, 0.4) is 0 Å². The van der Waals surface area contributed by atoms with Gasteiger partial charge in [0.1, 0.15) is 0 Å². The van der Waals surface area contributed by atoms with Crippen molar-refractivity contribution in [2.24, 2.45) is 0 Å². The van der Waals surface area contributed by atoms with Crippen LogP contribution in [-0.4, -0.2) is 51.9 Å². The van der Waals surface area contributed by atoms with E-state index in [2.05, 4.69) is 9.73 Å². The lowest BCUT2D eigenvalue weighted by Crippen LogP contribution is -2.51. The van der Waals surface area contributed by atoms with Gasteiger partial charge in [-0.05, 0) is 7.05 Å². The van der Waals surface area contributed by atoms with Crippen LogP contribution in [0.15, 0.2) is 0 Å². The first-order valence-electron chi connectivity index (χ1n) is 3.49. The Morgan fingerprint density at radius 3 is 2.36 bits per heavy atom. The fourth-order valence-electron chi connectivity index (χ4n) is 1.01. The topological polar surface area (TPSA) is 55.8 Å². The first-order valence-corrected chi connectivity index (χ1v) is 4.60. The molecule has 6 heteroatoms. The molecule has 1 aliphatic heterocycles. The van der Waals surface area contributed by atoms with E-state index in [0.29, 0.717) is 0 Å². The smallest absolute Gasteiger partial charge is 0.246 e. The van der Waals surface area contributed by atoms with Gasteiger partial charge < -0.3 is 4.90 Å². The lowest BCUT2D eigenvalue weighted by atomic mass is 10.4. The van der Waals surface area contributed by atoms with Gasteiger partial charge in [0.2, 0.25) is 11.3 Å². The Balaban J connectivity index is 2.22. The summed E-state index contributed by atoms with van der Waals surface area (Å²) >= 11 is -1.92. The SMILES string of the molecule is CN1CCN(NS(=O)O)CC1. The van der Waals surface area contributed by atoms with Gasteiger partial charge in [-0.15, -0.1) is 4.83 Å². The highest BCUT2D eigenvalue weighted by molar-refractivity contribution is 7.77. The number of nitrogens with zero attached hydrogens (tertiary/aromatic N) is 2. The van der Waals surface area contributed by atoms with Crippen LogP contribution in [0.5, 0.6) is 0 Å². The molecule has 0 spiro atoms. The second-order valence-corrected chi connectivity index (χ2v) is 3.31. The van der Waals surface area contributed by atoms with Crippen molar-refractivity contribution in [3.05, 3.63) is 0 Å². The van der Waals surface area contributed by atoms with Crippen LogP contribution < -0.4 is 4.83 Å². The van der Waals surface area contributed by atoms with Crippen LogP contribution in [0.2, 0.25) is 0 Å². The quantitative estimate of drug-likeness (QED) is 0.527. The summed E-state index contributed by atoms with van der Waals surface area (Å²) in [5.41, 5.74) is 0. The molecule has 0 saturated carbocycles. The molecule has 1 unspecified atom stereocenters. The zero-order valence-corrected chi connectivity index (χ0v) is 7.30. The molecule has 0 bridgehead atoms. The molecule has 0 aliphatic carbocycles. The summed E-state index contributed by atoms with van der Waals surface area (Å²) in [5.74, 6) is 0. The zero-order chi connectivity index (χ0) is 8.27. The predicted molar refractivity (Wildman–Crippen MR) is 43.0 cm³/mol. The maximum absolute atomic E-state index is 10.3. The van der Waals surface area contributed by atoms with Crippen molar-refractivity contribution < 1.29 is 8.76 Å². The maximum Gasteiger partial charge on any atom is 0.246 e. The van der Waals surface area contributed by atoms with E-state index in [-0.39, 0.29) is 0 Å². The largest absolute Gasteiger partial charge is 0.304 e. The molecule has 1 saturated heterocycles. The second-order valence-electron chi connectivity index (χ2n) is 2.63. The summed E-state index contributed by atoms with van der Waals surface area (Å²) < 4.78 is 18.8. The monoisotopic (exact) mass is 179 g/mol. The number of hydrazine groups is 1. The van der Waals surface area contributed by atoms with Crippen molar-refractivity contribution in [2.75, 3.05) is 33.2 Å². The van der Waals surface area contributed by atoms with Crippen molar-refractivity contribution in [2.45, 2.75) is 0 Å². The van der Waals surface area contributed by atoms with Crippen molar-refractivity contribution in [3.8, 4) is 0 Å². The van der Waals surface area contributed by atoms with Gasteiger partial charge in [-0.25, -0.2) is 9.22 Å². The standard InChI is InChI=1S/C5H13N3O2S/c1-7-2-4-8(5-3-7)6-11(9)10/h6H,2-5H2,1H3,(H,9,10). The van der Waals surface area contributed by atoms with E-state index in [1.807, 2.05) is 7.05 Å². The Morgan fingerprint density at radius 2 is 1.91 bits per heavy atom. The van der Waals surface area contributed by atoms with Crippen LogP contribution in [0, 0.1) is 0 Å². The third kappa shape index (κ3) is 3.26. The molecule has 1 fully saturated rings. The van der Waals surface area contributed by atoms with Crippen molar-refractivity contribution in [3.63, 3.8) is 0 Å². The highest BCUT2D eigenvalue weighted by atomic mass is 32.2. The summed E-state index contributed by atoms with van der Waals surface area (Å²) in [7, 11) is 2.03. The molecule has 0 aromatic carbocycles. The predicted octanol–water partition coefficient (Wildman–Crippen LogP) is -1.12. The van der Waals surface area contributed by atoms with E-state index in [1.54, 1.807) is 5.01 Å². The minimum absolute atomic E-state index is 0.794. The highest BCUT2D eigenvalue weighted by Crippen LogP contribution is 1.94. The van der Waals surface area contributed by atoms with Gasteiger partial charge in [0.25, 0.3) is 0 Å². The van der Waals surface area contributed by atoms with Crippen LogP contribution >= 0.6 is 0 Å². The minimum Gasteiger partial charge on any atom is -0.304 e. The maximum atomic E-state index is 10.3. The molecule has 0 amide bonds. The second kappa shape index (κ2) is 4.13. The van der Waals surface area contributed by atoms with E-state index < -0.39 is 11.3 Å². The Bertz CT molecular complexity index is 147. The molecule has 1 rings (SSSR count). The first kappa shape index (κ1) is 9.08. The lowest BCUT2D eigenvalue weighted by molar-refractivity contribution is 0.134. The number of likely N-dealkylation sites (N-methyl/N-ethyl adjacent to an activating group) is 1. The molecule has 66 valence electrons. The summed E-state index contributed by atoms with van der Waals surface area (Å²) in [6.45, 7) is 3.46. The van der Waals surface area contributed by atoms with Gasteiger partial charge in [0.05, 0.1) is 0 Å². The van der Waals surface area contributed by atoms with Crippen LogP contribution in [-0.2, 0) is 11.3 Å². The lowest BCUT2D eigenvalue weighted by Gasteiger charge is -2.31. The van der Waals surface area contributed by atoms with Gasteiger partial charge >= 0.3 is 0 Å². The molecule has 0 radical (unpaired) electrons. The molecular formula is C5H13N3O2S. The van der Waals surface area contributed by atoms with Crippen LogP contribution in [0.1, 0.15) is 0 Å². The highest BCUT2D eigenvalue weighted by Gasteiger charge is 2.13. The molecule has 5 nitrogen and oxygen atoms in total. The normalized spacial score (nSPS) is 25.3. The zero-order valence-electron chi connectivity index (χ0n) is 6.49. The minimum atomic E-state index is -1.92. The van der Waals surface area contributed by atoms with Crippen LogP contribution in [0.4, 0.5) is 0 Å². The summed E-state index contributed by atoms with van der Waals surface area (Å²) in [4.78, 5) is 4.62. The first-order chi connectivity index (χ1) is 5.18. The third-order valence-electron chi connectivity index (χ3n) is 1.71. The van der Waals surface area contributed by atoms with Crippen LogP contribution in [0.25, 0.3) is 0 Å². The fourth-order valence-corrected chi connectivity index (χ4v) is 1.41. The van der Waals surface area contributed by atoms with Crippen molar-refractivity contribution in [1.29, 1.82) is 0 Å². The van der Waals surface area contributed by atoms with Gasteiger partial charge in [-0.3, -0.25) is 4.55 Å². The Hall–Kier alpha value is -0.0100. The van der Waals surface area contributed by atoms with Crippen molar-refractivity contribution >= 4 is 11.3 Å². The van der Waals surface area contributed by atoms with Gasteiger partial charge in [-0.2, -0.15) is 0 Å². The van der Waals surface area contributed by atoms with Gasteiger partial charge in [0, 0.05) is 26.2 Å². The molecule has 1 aliphatic rings. The van der Waals surface area contributed by atoms with E-state index in [1.165, 1.54) is 0 Å². The molecule has 1 atom stereocenters. The van der Waals surface area contributed by atoms with Gasteiger partial charge in [-0.1, -0.05) is 0 Å². The third-order valence-corrected chi connectivity index (χ3v) is 2.12. The Kier molecular flexibility index (Phi) is 3.41. The number of hydrogen-bond donors (Lipinski definition) is 2. The fraction of sp³-hybridized carbons (Fsp3) is 1.00. The van der Waals surface area contributed by atoms with E-state index in [0.717, 1.165) is 26.2 Å². The van der Waals surface area contributed by atoms with Gasteiger partial charge in [0.15, 0.2) is 0 Å². The number of hydrogen-bond acceptors (Lipinski definition) is 3. The molecule has 1 heterocycles.